The molecule has 4 N–H and O–H groups in total. The van der Waals surface area contributed by atoms with Crippen molar-refractivity contribution in [2.45, 2.75) is 20.3 Å². The van der Waals surface area contributed by atoms with E-state index in [-0.39, 0.29) is 0 Å². The molecule has 1 rings (SSSR count). The third-order valence-electron chi connectivity index (χ3n) is 2.56. The molecule has 0 aliphatic rings. The molecule has 0 spiro atoms. The fourth-order valence-electron chi connectivity index (χ4n) is 1.81. The fraction of sp³-hybridized carbons (Fsp3) is 0.417. The third-order valence-corrected chi connectivity index (χ3v) is 2.56. The van der Waals surface area contributed by atoms with Gasteiger partial charge in [-0.25, -0.2) is 4.79 Å². The van der Waals surface area contributed by atoms with Crippen LogP contribution in [0.2, 0.25) is 0 Å². The smallest absolute Gasteiger partial charge is 0.319 e. The van der Waals surface area contributed by atoms with E-state index in [9.17, 15) is 4.79 Å². The van der Waals surface area contributed by atoms with Gasteiger partial charge in [-0.1, -0.05) is 18.2 Å². The predicted octanol–water partition coefficient (Wildman–Crippen LogP) is 1.54. The van der Waals surface area contributed by atoms with Crippen molar-refractivity contribution in [2.24, 2.45) is 11.5 Å². The number of nitrogens with zero attached hydrogens (tertiary/aromatic N) is 1. The highest BCUT2D eigenvalue weighted by Gasteiger charge is 2.15. The second-order valence-electron chi connectivity index (χ2n) is 3.87. The molecule has 0 radical (unpaired) electrons. The molecular formula is C12H19N3O. The molecule has 0 saturated carbocycles. The van der Waals surface area contributed by atoms with Gasteiger partial charge in [0.25, 0.3) is 0 Å². The summed E-state index contributed by atoms with van der Waals surface area (Å²) in [5, 5.41) is 0. The standard InChI is InChI=1S/C12H19N3O/c1-9-5-3-6-10(2)11(9)15(12(14)16)8-4-7-13/h3,5-6H,4,7-8,13H2,1-2H3,(H2,14,16). The van der Waals surface area contributed by atoms with Crippen LogP contribution in [0.4, 0.5) is 10.5 Å². The highest BCUT2D eigenvalue weighted by atomic mass is 16.2. The van der Waals surface area contributed by atoms with Gasteiger partial charge >= 0.3 is 6.03 Å². The molecule has 88 valence electrons. The first-order chi connectivity index (χ1) is 7.57. The van der Waals surface area contributed by atoms with Gasteiger partial charge in [0.15, 0.2) is 0 Å². The number of urea groups is 1. The molecule has 0 atom stereocenters. The Morgan fingerprint density at radius 3 is 2.31 bits per heavy atom. The van der Waals surface area contributed by atoms with Crippen LogP contribution >= 0.6 is 0 Å². The number of hydrogen-bond donors (Lipinski definition) is 2. The van der Waals surface area contributed by atoms with Crippen LogP contribution in [0, 0.1) is 13.8 Å². The van der Waals surface area contributed by atoms with E-state index in [1.165, 1.54) is 0 Å². The quantitative estimate of drug-likeness (QED) is 0.809. The molecule has 16 heavy (non-hydrogen) atoms. The molecule has 0 aromatic heterocycles. The van der Waals surface area contributed by atoms with Crippen molar-refractivity contribution in [1.29, 1.82) is 0 Å². The number of carbonyl (C=O) groups is 1. The van der Waals surface area contributed by atoms with E-state index in [0.29, 0.717) is 13.1 Å². The maximum Gasteiger partial charge on any atom is 0.319 e. The Labute approximate surface area is 96.2 Å². The van der Waals surface area contributed by atoms with Gasteiger partial charge in [0, 0.05) is 6.54 Å². The highest BCUT2D eigenvalue weighted by Crippen LogP contribution is 2.24. The van der Waals surface area contributed by atoms with Gasteiger partial charge < -0.3 is 11.5 Å². The summed E-state index contributed by atoms with van der Waals surface area (Å²) >= 11 is 0. The molecule has 4 heteroatoms. The summed E-state index contributed by atoms with van der Waals surface area (Å²) in [6.45, 7) is 5.06. The average molecular weight is 221 g/mol. The molecule has 0 heterocycles. The summed E-state index contributed by atoms with van der Waals surface area (Å²) in [5.41, 5.74) is 13.9. The van der Waals surface area contributed by atoms with Crippen LogP contribution in [0.3, 0.4) is 0 Å². The number of nitrogens with two attached hydrogens (primary N) is 2. The molecule has 0 fully saturated rings. The third kappa shape index (κ3) is 2.73. The van der Waals surface area contributed by atoms with Gasteiger partial charge in [0.2, 0.25) is 0 Å². The monoisotopic (exact) mass is 221 g/mol. The normalized spacial score (nSPS) is 10.2. The number of rotatable bonds is 4. The first kappa shape index (κ1) is 12.5. The van der Waals surface area contributed by atoms with E-state index in [4.69, 9.17) is 11.5 Å². The second kappa shape index (κ2) is 5.51. The van der Waals surface area contributed by atoms with Crippen LogP contribution in [0.5, 0.6) is 0 Å². The Morgan fingerprint density at radius 2 is 1.88 bits per heavy atom. The summed E-state index contributed by atoms with van der Waals surface area (Å²) in [6, 6.07) is 5.49. The molecule has 4 nitrogen and oxygen atoms in total. The lowest BCUT2D eigenvalue weighted by Crippen LogP contribution is -2.38. The van der Waals surface area contributed by atoms with E-state index in [1.807, 2.05) is 32.0 Å². The average Bonchev–Trinajstić information content (AvgIpc) is 2.21. The minimum atomic E-state index is -0.425. The first-order valence-electron chi connectivity index (χ1n) is 5.41. The van der Waals surface area contributed by atoms with Crippen LogP contribution in [0.25, 0.3) is 0 Å². The van der Waals surface area contributed by atoms with E-state index in [1.54, 1.807) is 4.90 Å². The van der Waals surface area contributed by atoms with Crippen LogP contribution in [0.15, 0.2) is 18.2 Å². The van der Waals surface area contributed by atoms with Crippen LogP contribution in [-0.2, 0) is 0 Å². The molecule has 0 aliphatic heterocycles. The van der Waals surface area contributed by atoms with Gasteiger partial charge in [-0.3, -0.25) is 4.90 Å². The van der Waals surface area contributed by atoms with Gasteiger partial charge in [-0.2, -0.15) is 0 Å². The Balaban J connectivity index is 3.05. The zero-order valence-electron chi connectivity index (χ0n) is 9.86. The number of carbonyl (C=O) groups excluding carboxylic acids is 1. The summed E-state index contributed by atoms with van der Waals surface area (Å²) < 4.78 is 0. The summed E-state index contributed by atoms with van der Waals surface area (Å²) in [6.07, 6.45) is 0.747. The van der Waals surface area contributed by atoms with Crippen molar-refractivity contribution >= 4 is 11.7 Å². The SMILES string of the molecule is Cc1cccc(C)c1N(CCCN)C(N)=O. The second-order valence-corrected chi connectivity index (χ2v) is 3.87. The number of aryl methyl sites for hydroxylation is 2. The minimum Gasteiger partial charge on any atom is -0.351 e. The van der Waals surface area contributed by atoms with Gasteiger partial charge in [0.1, 0.15) is 0 Å². The molecule has 1 aromatic rings. The van der Waals surface area contributed by atoms with Crippen LogP contribution in [0.1, 0.15) is 17.5 Å². The van der Waals surface area contributed by atoms with Crippen LogP contribution in [-0.4, -0.2) is 19.1 Å². The number of hydrogen-bond acceptors (Lipinski definition) is 2. The number of benzene rings is 1. The number of primary amides is 1. The summed E-state index contributed by atoms with van der Waals surface area (Å²) in [7, 11) is 0. The van der Waals surface area contributed by atoms with E-state index < -0.39 is 6.03 Å². The molecule has 2 amide bonds. The van der Waals surface area contributed by atoms with Crippen molar-refractivity contribution in [3.63, 3.8) is 0 Å². The zero-order chi connectivity index (χ0) is 12.1. The molecule has 0 saturated heterocycles. The Morgan fingerprint density at radius 1 is 1.31 bits per heavy atom. The Kier molecular flexibility index (Phi) is 4.31. The number of anilines is 1. The van der Waals surface area contributed by atoms with Crippen molar-refractivity contribution < 1.29 is 4.79 Å². The van der Waals surface area contributed by atoms with E-state index in [2.05, 4.69) is 0 Å². The van der Waals surface area contributed by atoms with Gasteiger partial charge in [-0.05, 0) is 37.9 Å². The highest BCUT2D eigenvalue weighted by molar-refractivity contribution is 5.92. The predicted molar refractivity (Wildman–Crippen MR) is 66.5 cm³/mol. The van der Waals surface area contributed by atoms with Gasteiger partial charge in [-0.15, -0.1) is 0 Å². The van der Waals surface area contributed by atoms with E-state index in [0.717, 1.165) is 23.2 Å². The Hall–Kier alpha value is -1.55. The lowest BCUT2D eigenvalue weighted by Gasteiger charge is -2.24. The maximum absolute atomic E-state index is 11.4. The minimum absolute atomic E-state index is 0.425. The zero-order valence-corrected chi connectivity index (χ0v) is 9.86. The molecule has 1 aromatic carbocycles. The molecular weight excluding hydrogens is 202 g/mol. The van der Waals surface area contributed by atoms with Crippen molar-refractivity contribution in [1.82, 2.24) is 0 Å². The molecule has 0 aliphatic carbocycles. The molecule has 0 bridgehead atoms. The summed E-state index contributed by atoms with van der Waals surface area (Å²) in [5.74, 6) is 0. The summed E-state index contributed by atoms with van der Waals surface area (Å²) in [4.78, 5) is 13.0. The van der Waals surface area contributed by atoms with E-state index >= 15 is 0 Å². The number of amides is 2. The largest absolute Gasteiger partial charge is 0.351 e. The van der Waals surface area contributed by atoms with Crippen molar-refractivity contribution in [2.75, 3.05) is 18.0 Å². The van der Waals surface area contributed by atoms with Crippen LogP contribution < -0.4 is 16.4 Å². The molecule has 0 unspecified atom stereocenters. The van der Waals surface area contributed by atoms with Gasteiger partial charge in [0.05, 0.1) is 5.69 Å². The topological polar surface area (TPSA) is 72.3 Å². The lowest BCUT2D eigenvalue weighted by molar-refractivity contribution is 0.254. The Bertz CT molecular complexity index is 356. The first-order valence-corrected chi connectivity index (χ1v) is 5.41. The van der Waals surface area contributed by atoms with Crippen molar-refractivity contribution in [3.8, 4) is 0 Å². The van der Waals surface area contributed by atoms with Crippen molar-refractivity contribution in [3.05, 3.63) is 29.3 Å². The number of para-hydroxylation sites is 1. The maximum atomic E-state index is 11.4. The lowest BCUT2D eigenvalue weighted by atomic mass is 10.1. The fourth-order valence-corrected chi connectivity index (χ4v) is 1.81.